The Morgan fingerprint density at radius 2 is 1.89 bits per heavy atom. The van der Waals surface area contributed by atoms with E-state index in [-0.39, 0.29) is 5.56 Å². The minimum absolute atomic E-state index is 0.284. The summed E-state index contributed by atoms with van der Waals surface area (Å²) in [6, 6.07) is 5.84. The lowest BCUT2D eigenvalue weighted by Gasteiger charge is -2.03. The number of carbonyl (C=O) groups is 3. The van der Waals surface area contributed by atoms with Gasteiger partial charge in [0, 0.05) is 17.4 Å². The van der Waals surface area contributed by atoms with E-state index in [4.69, 9.17) is 4.74 Å². The molecule has 0 spiro atoms. The number of ether oxygens (including phenoxy) is 1. The molecule has 100 valence electrons. The lowest BCUT2D eigenvalue weighted by atomic mass is 10.1. The third-order valence-electron chi connectivity index (χ3n) is 2.12. The Morgan fingerprint density at radius 1 is 1.26 bits per heavy atom. The first-order valence-corrected chi connectivity index (χ1v) is 6.72. The Hall–Kier alpha value is -1.88. The quantitative estimate of drug-likeness (QED) is 0.263. The Bertz CT molecular complexity index is 491. The van der Waals surface area contributed by atoms with Crippen LogP contribution < -0.4 is 4.74 Å². The SMILES string of the molecule is C=CC(=O)Oc1ccc(C(=O)C(=O)SCCC)cc1. The van der Waals surface area contributed by atoms with E-state index in [0.29, 0.717) is 11.5 Å². The van der Waals surface area contributed by atoms with Crippen LogP contribution in [0.15, 0.2) is 36.9 Å². The highest BCUT2D eigenvalue weighted by Crippen LogP contribution is 2.15. The average molecular weight is 278 g/mol. The van der Waals surface area contributed by atoms with Gasteiger partial charge in [0.15, 0.2) is 0 Å². The number of thioether (sulfide) groups is 1. The molecule has 0 bridgehead atoms. The van der Waals surface area contributed by atoms with E-state index >= 15 is 0 Å². The standard InChI is InChI=1S/C14H14O4S/c1-3-9-19-14(17)13(16)10-5-7-11(8-6-10)18-12(15)4-2/h4-8H,2-3,9H2,1H3. The number of benzene rings is 1. The summed E-state index contributed by atoms with van der Waals surface area (Å²) in [5, 5.41) is -0.474. The molecule has 1 aromatic carbocycles. The van der Waals surface area contributed by atoms with Crippen molar-refractivity contribution in [2.45, 2.75) is 13.3 Å². The molecule has 0 unspecified atom stereocenters. The van der Waals surface area contributed by atoms with Crippen molar-refractivity contribution in [2.24, 2.45) is 0 Å². The molecule has 1 rings (SSSR count). The summed E-state index contributed by atoms with van der Waals surface area (Å²) in [5.74, 6) is -0.191. The van der Waals surface area contributed by atoms with E-state index in [1.807, 2.05) is 6.92 Å². The molecule has 19 heavy (non-hydrogen) atoms. The van der Waals surface area contributed by atoms with Crippen LogP contribution in [-0.2, 0) is 9.59 Å². The molecule has 0 aliphatic heterocycles. The highest BCUT2D eigenvalue weighted by Gasteiger charge is 2.16. The second-order valence-corrected chi connectivity index (χ2v) is 4.68. The molecule has 0 heterocycles. The van der Waals surface area contributed by atoms with E-state index in [9.17, 15) is 14.4 Å². The number of hydrogen-bond acceptors (Lipinski definition) is 5. The Balaban J connectivity index is 2.70. The minimum atomic E-state index is -0.575. The smallest absolute Gasteiger partial charge is 0.335 e. The molecule has 0 atom stereocenters. The molecular formula is C14H14O4S. The number of ketones is 1. The third kappa shape index (κ3) is 4.71. The summed E-state index contributed by atoms with van der Waals surface area (Å²) >= 11 is 1.01. The molecule has 0 saturated heterocycles. The van der Waals surface area contributed by atoms with E-state index in [1.165, 1.54) is 24.3 Å². The molecule has 0 radical (unpaired) electrons. The van der Waals surface area contributed by atoms with Crippen LogP contribution in [0.25, 0.3) is 0 Å². The zero-order chi connectivity index (χ0) is 14.3. The van der Waals surface area contributed by atoms with Crippen LogP contribution in [0.2, 0.25) is 0 Å². The van der Waals surface area contributed by atoms with Crippen LogP contribution in [0, 0.1) is 0 Å². The van der Waals surface area contributed by atoms with Gasteiger partial charge in [-0.15, -0.1) is 0 Å². The normalized spacial score (nSPS) is 9.74. The minimum Gasteiger partial charge on any atom is -0.423 e. The number of esters is 1. The molecule has 0 fully saturated rings. The van der Waals surface area contributed by atoms with Crippen LogP contribution in [0.3, 0.4) is 0 Å². The largest absolute Gasteiger partial charge is 0.423 e. The monoisotopic (exact) mass is 278 g/mol. The van der Waals surface area contributed by atoms with Crippen LogP contribution in [0.5, 0.6) is 5.75 Å². The Labute approximate surface area is 115 Å². The summed E-state index contributed by atoms with van der Waals surface area (Å²) in [6.45, 7) is 5.22. The number of carbonyl (C=O) groups excluding carboxylic acids is 3. The summed E-state index contributed by atoms with van der Waals surface area (Å²) in [6.07, 6.45) is 1.88. The van der Waals surface area contributed by atoms with E-state index < -0.39 is 16.9 Å². The maximum Gasteiger partial charge on any atom is 0.335 e. The van der Waals surface area contributed by atoms with E-state index in [0.717, 1.165) is 24.3 Å². The van der Waals surface area contributed by atoms with Crippen LogP contribution in [0.1, 0.15) is 23.7 Å². The first-order valence-electron chi connectivity index (χ1n) is 5.74. The van der Waals surface area contributed by atoms with Crippen molar-refractivity contribution in [3.63, 3.8) is 0 Å². The van der Waals surface area contributed by atoms with Crippen molar-refractivity contribution in [1.29, 1.82) is 0 Å². The predicted molar refractivity (Wildman–Crippen MR) is 74.4 cm³/mol. The average Bonchev–Trinajstić information content (AvgIpc) is 2.44. The topological polar surface area (TPSA) is 60.4 Å². The fourth-order valence-electron chi connectivity index (χ4n) is 1.21. The van der Waals surface area contributed by atoms with Crippen LogP contribution >= 0.6 is 11.8 Å². The van der Waals surface area contributed by atoms with Gasteiger partial charge in [0.05, 0.1) is 0 Å². The second kappa shape index (κ2) is 7.53. The fraction of sp³-hybridized carbons (Fsp3) is 0.214. The number of hydrogen-bond donors (Lipinski definition) is 0. The zero-order valence-electron chi connectivity index (χ0n) is 10.5. The van der Waals surface area contributed by atoms with Crippen molar-refractivity contribution in [1.82, 2.24) is 0 Å². The lowest BCUT2D eigenvalue weighted by molar-refractivity contribution is -0.128. The van der Waals surface area contributed by atoms with Crippen molar-refractivity contribution < 1.29 is 19.1 Å². The maximum absolute atomic E-state index is 11.7. The van der Waals surface area contributed by atoms with E-state index in [1.54, 1.807) is 0 Å². The van der Waals surface area contributed by atoms with Gasteiger partial charge in [-0.3, -0.25) is 9.59 Å². The first-order chi connectivity index (χ1) is 9.08. The molecule has 0 aliphatic rings. The Kier molecular flexibility index (Phi) is 6.02. The Morgan fingerprint density at radius 3 is 2.42 bits per heavy atom. The highest BCUT2D eigenvalue weighted by atomic mass is 32.2. The number of Topliss-reactive ketones (excluding diaryl/α,β-unsaturated/α-hetero) is 1. The van der Waals surface area contributed by atoms with Crippen LogP contribution in [-0.4, -0.2) is 22.6 Å². The summed E-state index contributed by atoms with van der Waals surface area (Å²) < 4.78 is 4.87. The second-order valence-electron chi connectivity index (χ2n) is 3.61. The fourth-order valence-corrected chi connectivity index (χ4v) is 1.85. The summed E-state index contributed by atoms with van der Waals surface area (Å²) in [5.41, 5.74) is 0.284. The van der Waals surface area contributed by atoms with Crippen molar-refractivity contribution >= 4 is 28.6 Å². The van der Waals surface area contributed by atoms with Gasteiger partial charge in [0.25, 0.3) is 5.12 Å². The maximum atomic E-state index is 11.7. The predicted octanol–water partition coefficient (Wildman–Crippen LogP) is 2.63. The van der Waals surface area contributed by atoms with Crippen molar-refractivity contribution in [3.05, 3.63) is 42.5 Å². The first kappa shape index (κ1) is 15.2. The molecule has 5 heteroatoms. The van der Waals surface area contributed by atoms with Crippen molar-refractivity contribution in [2.75, 3.05) is 5.75 Å². The molecule has 0 amide bonds. The van der Waals surface area contributed by atoms with Gasteiger partial charge in [-0.25, -0.2) is 4.79 Å². The van der Waals surface area contributed by atoms with E-state index in [2.05, 4.69) is 6.58 Å². The summed E-state index contributed by atoms with van der Waals surface area (Å²) in [4.78, 5) is 34.2. The van der Waals surface area contributed by atoms with Gasteiger partial charge in [-0.2, -0.15) is 0 Å². The van der Waals surface area contributed by atoms with Gasteiger partial charge < -0.3 is 4.74 Å². The lowest BCUT2D eigenvalue weighted by Crippen LogP contribution is -2.11. The molecule has 4 nitrogen and oxygen atoms in total. The van der Waals surface area contributed by atoms with Gasteiger partial charge in [-0.05, 0) is 30.7 Å². The summed E-state index contributed by atoms with van der Waals surface area (Å²) in [7, 11) is 0. The molecule has 0 saturated carbocycles. The van der Waals surface area contributed by atoms with Crippen molar-refractivity contribution in [3.8, 4) is 5.75 Å². The van der Waals surface area contributed by atoms with Crippen LogP contribution in [0.4, 0.5) is 0 Å². The highest BCUT2D eigenvalue weighted by molar-refractivity contribution is 8.15. The zero-order valence-corrected chi connectivity index (χ0v) is 11.4. The number of rotatable bonds is 6. The third-order valence-corrected chi connectivity index (χ3v) is 3.18. The van der Waals surface area contributed by atoms with Gasteiger partial charge in [0.1, 0.15) is 5.75 Å². The molecule has 0 aliphatic carbocycles. The molecule has 0 aromatic heterocycles. The van der Waals surface area contributed by atoms with Gasteiger partial charge in [-0.1, -0.05) is 25.3 Å². The van der Waals surface area contributed by atoms with Gasteiger partial charge in [0.2, 0.25) is 5.78 Å². The van der Waals surface area contributed by atoms with Gasteiger partial charge >= 0.3 is 5.97 Å². The molecule has 0 N–H and O–H groups in total. The molecular weight excluding hydrogens is 264 g/mol. The molecule has 1 aromatic rings.